The molecule has 2 aromatic rings. The third-order valence-corrected chi connectivity index (χ3v) is 4.14. The van der Waals surface area contributed by atoms with Gasteiger partial charge in [-0.25, -0.2) is 0 Å². The van der Waals surface area contributed by atoms with Crippen molar-refractivity contribution in [2.24, 2.45) is 7.05 Å². The summed E-state index contributed by atoms with van der Waals surface area (Å²) >= 11 is 0. The van der Waals surface area contributed by atoms with E-state index < -0.39 is 0 Å². The summed E-state index contributed by atoms with van der Waals surface area (Å²) in [5.41, 5.74) is 1.46. The van der Waals surface area contributed by atoms with Gasteiger partial charge < -0.3 is 19.4 Å². The maximum atomic E-state index is 12.6. The number of nitrogens with zero attached hydrogens (tertiary/aromatic N) is 1. The van der Waals surface area contributed by atoms with Gasteiger partial charge in [0, 0.05) is 24.5 Å². The Balaban J connectivity index is 1.92. The van der Waals surface area contributed by atoms with Crippen LogP contribution in [0.2, 0.25) is 0 Å². The number of carbonyl (C=O) groups is 1. The minimum absolute atomic E-state index is 0.147. The minimum atomic E-state index is -0.259. The SMILES string of the molecule is Cc1c(C(=O)NCC2COCCO2)c2ccccc2n(C)c1=O. The van der Waals surface area contributed by atoms with Crippen LogP contribution in [0.5, 0.6) is 0 Å². The molecule has 6 nitrogen and oxygen atoms in total. The molecule has 23 heavy (non-hydrogen) atoms. The molecule has 3 rings (SSSR count). The number of ether oxygens (including phenoxy) is 2. The summed E-state index contributed by atoms with van der Waals surface area (Å²) in [7, 11) is 1.71. The van der Waals surface area contributed by atoms with E-state index in [0.717, 1.165) is 10.9 Å². The number of hydrogen-bond acceptors (Lipinski definition) is 4. The van der Waals surface area contributed by atoms with Crippen LogP contribution >= 0.6 is 0 Å². The summed E-state index contributed by atoms with van der Waals surface area (Å²) in [6.45, 7) is 3.64. The first-order valence-electron chi connectivity index (χ1n) is 7.65. The number of fused-ring (bicyclic) bond motifs is 1. The predicted molar refractivity (Wildman–Crippen MR) is 86.8 cm³/mol. The van der Waals surface area contributed by atoms with Crippen LogP contribution in [0.25, 0.3) is 10.9 Å². The highest BCUT2D eigenvalue weighted by atomic mass is 16.6. The number of pyridine rings is 1. The van der Waals surface area contributed by atoms with Crippen LogP contribution < -0.4 is 10.9 Å². The van der Waals surface area contributed by atoms with Crippen LogP contribution in [-0.2, 0) is 16.5 Å². The molecule has 1 atom stereocenters. The number of para-hydroxylation sites is 1. The Kier molecular flexibility index (Phi) is 4.45. The zero-order chi connectivity index (χ0) is 16.4. The highest BCUT2D eigenvalue weighted by Gasteiger charge is 2.20. The largest absolute Gasteiger partial charge is 0.376 e. The summed E-state index contributed by atoms with van der Waals surface area (Å²) in [6.07, 6.45) is -0.147. The summed E-state index contributed by atoms with van der Waals surface area (Å²) in [5, 5.41) is 3.63. The Morgan fingerprint density at radius 1 is 1.35 bits per heavy atom. The van der Waals surface area contributed by atoms with E-state index in [1.807, 2.05) is 24.3 Å². The van der Waals surface area contributed by atoms with Gasteiger partial charge in [-0.05, 0) is 13.0 Å². The van der Waals surface area contributed by atoms with E-state index in [2.05, 4.69) is 5.32 Å². The number of carbonyl (C=O) groups excluding carboxylic acids is 1. The third kappa shape index (κ3) is 3.00. The molecule has 1 aromatic carbocycles. The van der Waals surface area contributed by atoms with Crippen molar-refractivity contribution in [3.63, 3.8) is 0 Å². The lowest BCUT2D eigenvalue weighted by molar-refractivity contribution is -0.0855. The molecule has 0 aliphatic carbocycles. The normalized spacial score (nSPS) is 18.1. The van der Waals surface area contributed by atoms with Crippen LogP contribution in [0.1, 0.15) is 15.9 Å². The predicted octanol–water partition coefficient (Wildman–Crippen LogP) is 0.992. The van der Waals surface area contributed by atoms with Crippen LogP contribution in [0.4, 0.5) is 0 Å². The number of nitrogens with one attached hydrogen (secondary N) is 1. The highest BCUT2D eigenvalue weighted by molar-refractivity contribution is 6.07. The van der Waals surface area contributed by atoms with Gasteiger partial charge in [0.05, 0.1) is 37.0 Å². The first kappa shape index (κ1) is 15.7. The van der Waals surface area contributed by atoms with E-state index in [9.17, 15) is 9.59 Å². The molecule has 1 fully saturated rings. The maximum absolute atomic E-state index is 12.6. The zero-order valence-electron chi connectivity index (χ0n) is 13.3. The summed E-state index contributed by atoms with van der Waals surface area (Å²) in [5.74, 6) is -0.259. The highest BCUT2D eigenvalue weighted by Crippen LogP contribution is 2.19. The third-order valence-electron chi connectivity index (χ3n) is 4.14. The average Bonchev–Trinajstić information content (AvgIpc) is 2.59. The standard InChI is InChI=1S/C17H20N2O4/c1-11-15(16(20)18-9-12-10-22-7-8-23-12)13-5-3-4-6-14(13)19(2)17(11)21/h3-6,12H,7-10H2,1-2H3,(H,18,20). The first-order chi connectivity index (χ1) is 11.1. The van der Waals surface area contributed by atoms with Crippen LogP contribution in [0.15, 0.2) is 29.1 Å². The molecule has 122 valence electrons. The molecule has 1 aliphatic heterocycles. The molecule has 0 radical (unpaired) electrons. The fourth-order valence-electron chi connectivity index (χ4n) is 2.89. The lowest BCUT2D eigenvalue weighted by Gasteiger charge is -2.23. The molecular weight excluding hydrogens is 296 g/mol. The van der Waals surface area contributed by atoms with E-state index >= 15 is 0 Å². The van der Waals surface area contributed by atoms with Gasteiger partial charge in [-0.3, -0.25) is 9.59 Å². The Morgan fingerprint density at radius 3 is 2.87 bits per heavy atom. The molecule has 6 heteroatoms. The molecule has 0 saturated carbocycles. The number of benzene rings is 1. The van der Waals surface area contributed by atoms with Gasteiger partial charge in [-0.15, -0.1) is 0 Å². The second-order valence-corrected chi connectivity index (χ2v) is 5.66. The van der Waals surface area contributed by atoms with Crippen molar-refractivity contribution in [3.05, 3.63) is 45.7 Å². The van der Waals surface area contributed by atoms with E-state index in [1.54, 1.807) is 18.5 Å². The lowest BCUT2D eigenvalue weighted by Crippen LogP contribution is -2.40. The number of hydrogen-bond donors (Lipinski definition) is 1. The van der Waals surface area contributed by atoms with Crippen molar-refractivity contribution in [2.45, 2.75) is 13.0 Å². The van der Waals surface area contributed by atoms with Crippen molar-refractivity contribution < 1.29 is 14.3 Å². The van der Waals surface area contributed by atoms with E-state index in [0.29, 0.717) is 37.5 Å². The molecule has 2 heterocycles. The lowest BCUT2D eigenvalue weighted by atomic mass is 10.0. The molecule has 0 bridgehead atoms. The zero-order valence-corrected chi connectivity index (χ0v) is 13.3. The monoisotopic (exact) mass is 316 g/mol. The van der Waals surface area contributed by atoms with E-state index in [4.69, 9.17) is 9.47 Å². The van der Waals surface area contributed by atoms with Crippen molar-refractivity contribution in [1.29, 1.82) is 0 Å². The van der Waals surface area contributed by atoms with Gasteiger partial charge in [0.25, 0.3) is 11.5 Å². The maximum Gasteiger partial charge on any atom is 0.254 e. The number of amides is 1. The summed E-state index contributed by atoms with van der Waals surface area (Å²) in [4.78, 5) is 25.0. The Labute approximate surface area is 134 Å². The first-order valence-corrected chi connectivity index (χ1v) is 7.65. The van der Waals surface area contributed by atoms with Crippen LogP contribution in [0.3, 0.4) is 0 Å². The van der Waals surface area contributed by atoms with Crippen molar-refractivity contribution >= 4 is 16.8 Å². The number of aryl methyl sites for hydroxylation is 1. The minimum Gasteiger partial charge on any atom is -0.376 e. The smallest absolute Gasteiger partial charge is 0.254 e. The molecule has 1 aliphatic rings. The topological polar surface area (TPSA) is 69.6 Å². The summed E-state index contributed by atoms with van der Waals surface area (Å²) < 4.78 is 12.4. The van der Waals surface area contributed by atoms with Gasteiger partial charge >= 0.3 is 0 Å². The van der Waals surface area contributed by atoms with E-state index in [-0.39, 0.29) is 17.6 Å². The molecule has 1 saturated heterocycles. The molecular formula is C17H20N2O4. The molecule has 1 amide bonds. The quantitative estimate of drug-likeness (QED) is 0.917. The second kappa shape index (κ2) is 6.52. The van der Waals surface area contributed by atoms with Gasteiger partial charge in [-0.1, -0.05) is 18.2 Å². The van der Waals surface area contributed by atoms with Crippen molar-refractivity contribution in [3.8, 4) is 0 Å². The van der Waals surface area contributed by atoms with Gasteiger partial charge in [-0.2, -0.15) is 0 Å². The molecule has 1 aromatic heterocycles. The fourth-order valence-corrected chi connectivity index (χ4v) is 2.89. The Morgan fingerprint density at radius 2 is 2.13 bits per heavy atom. The summed E-state index contributed by atoms with van der Waals surface area (Å²) in [6, 6.07) is 7.41. The van der Waals surface area contributed by atoms with Crippen molar-refractivity contribution in [2.75, 3.05) is 26.4 Å². The Bertz CT molecular complexity index is 791. The second-order valence-electron chi connectivity index (χ2n) is 5.66. The number of rotatable bonds is 3. The Hall–Kier alpha value is -2.18. The van der Waals surface area contributed by atoms with Gasteiger partial charge in [0.15, 0.2) is 0 Å². The average molecular weight is 316 g/mol. The van der Waals surface area contributed by atoms with Gasteiger partial charge in [0.2, 0.25) is 0 Å². The number of aromatic nitrogens is 1. The van der Waals surface area contributed by atoms with E-state index in [1.165, 1.54) is 0 Å². The van der Waals surface area contributed by atoms with Crippen LogP contribution in [-0.4, -0.2) is 42.9 Å². The molecule has 1 unspecified atom stereocenters. The molecule has 0 spiro atoms. The van der Waals surface area contributed by atoms with Crippen molar-refractivity contribution in [1.82, 2.24) is 9.88 Å². The van der Waals surface area contributed by atoms with Gasteiger partial charge in [0.1, 0.15) is 0 Å². The molecule has 1 N–H and O–H groups in total. The van der Waals surface area contributed by atoms with Crippen LogP contribution in [0, 0.1) is 6.92 Å². The fraction of sp³-hybridized carbons (Fsp3) is 0.412.